The second kappa shape index (κ2) is 6.11. The molecule has 2 aromatic rings. The highest BCUT2D eigenvalue weighted by Crippen LogP contribution is 2.23. The van der Waals surface area contributed by atoms with Gasteiger partial charge in [0, 0.05) is 5.02 Å². The van der Waals surface area contributed by atoms with Crippen molar-refractivity contribution >= 4 is 34.8 Å². The number of aromatic nitrogens is 1. The van der Waals surface area contributed by atoms with Gasteiger partial charge in [-0.25, -0.2) is 4.98 Å². The van der Waals surface area contributed by atoms with Gasteiger partial charge >= 0.3 is 0 Å². The van der Waals surface area contributed by atoms with E-state index in [0.717, 1.165) is 5.56 Å². The summed E-state index contributed by atoms with van der Waals surface area (Å²) in [4.78, 5) is 16.0. The highest BCUT2D eigenvalue weighted by molar-refractivity contribution is 6.33. The third-order valence-electron chi connectivity index (χ3n) is 2.82. The molecular weight excluding hydrogens is 297 g/mol. The maximum Gasteiger partial charge on any atom is 0.254 e. The van der Waals surface area contributed by atoms with E-state index in [9.17, 15) is 4.79 Å². The standard InChI is InChI=1S/C14H13Cl2N3O/c1-8(10-4-2-3-5-12(10)15)19-14(20)11-6-9(17)7-18-13(11)16/h2-8H,17H2,1H3,(H,19,20). The molecule has 0 saturated carbocycles. The smallest absolute Gasteiger partial charge is 0.254 e. The van der Waals surface area contributed by atoms with Gasteiger partial charge in [0.2, 0.25) is 0 Å². The van der Waals surface area contributed by atoms with E-state index >= 15 is 0 Å². The van der Waals surface area contributed by atoms with Crippen LogP contribution in [0, 0.1) is 0 Å². The van der Waals surface area contributed by atoms with Gasteiger partial charge in [-0.05, 0) is 24.6 Å². The molecule has 4 nitrogen and oxygen atoms in total. The van der Waals surface area contributed by atoms with E-state index < -0.39 is 0 Å². The van der Waals surface area contributed by atoms with E-state index in [1.54, 1.807) is 6.07 Å². The number of carbonyl (C=O) groups excluding carboxylic acids is 1. The summed E-state index contributed by atoms with van der Waals surface area (Å²) in [6, 6.07) is 8.55. The Bertz CT molecular complexity index is 646. The van der Waals surface area contributed by atoms with Gasteiger partial charge in [0.1, 0.15) is 5.15 Å². The number of benzene rings is 1. The average Bonchev–Trinajstić information content (AvgIpc) is 2.41. The molecule has 2 rings (SSSR count). The summed E-state index contributed by atoms with van der Waals surface area (Å²) in [5, 5.41) is 3.53. The minimum absolute atomic E-state index is 0.114. The maximum atomic E-state index is 12.2. The van der Waals surface area contributed by atoms with E-state index in [0.29, 0.717) is 10.7 Å². The second-order valence-electron chi connectivity index (χ2n) is 4.32. The molecule has 1 amide bonds. The summed E-state index contributed by atoms with van der Waals surface area (Å²) in [5.74, 6) is -0.345. The lowest BCUT2D eigenvalue weighted by atomic mass is 10.1. The molecule has 0 saturated heterocycles. The highest BCUT2D eigenvalue weighted by Gasteiger charge is 2.16. The number of hydrogen-bond acceptors (Lipinski definition) is 3. The molecule has 1 unspecified atom stereocenters. The number of carbonyl (C=O) groups is 1. The molecule has 1 aromatic carbocycles. The molecule has 1 atom stereocenters. The molecule has 0 aliphatic heterocycles. The van der Waals surface area contributed by atoms with Crippen LogP contribution in [0.5, 0.6) is 0 Å². The van der Waals surface area contributed by atoms with Crippen LogP contribution in [0.4, 0.5) is 5.69 Å². The molecule has 0 fully saturated rings. The van der Waals surface area contributed by atoms with E-state index in [4.69, 9.17) is 28.9 Å². The van der Waals surface area contributed by atoms with Crippen LogP contribution in [-0.4, -0.2) is 10.9 Å². The molecular formula is C14H13Cl2N3O. The van der Waals surface area contributed by atoms with Gasteiger partial charge in [0.15, 0.2) is 0 Å². The van der Waals surface area contributed by atoms with Crippen molar-refractivity contribution in [1.82, 2.24) is 10.3 Å². The number of halogens is 2. The Hall–Kier alpha value is -1.78. The largest absolute Gasteiger partial charge is 0.397 e. The molecule has 104 valence electrons. The number of pyridine rings is 1. The molecule has 6 heteroatoms. The van der Waals surface area contributed by atoms with Crippen molar-refractivity contribution in [3.8, 4) is 0 Å². The number of nitrogens with one attached hydrogen (secondary N) is 1. The lowest BCUT2D eigenvalue weighted by Gasteiger charge is -2.16. The van der Waals surface area contributed by atoms with E-state index in [-0.39, 0.29) is 22.7 Å². The summed E-state index contributed by atoms with van der Waals surface area (Å²) in [7, 11) is 0. The molecule has 0 spiro atoms. The number of nitrogen functional groups attached to an aromatic ring is 1. The van der Waals surface area contributed by atoms with Crippen molar-refractivity contribution in [2.24, 2.45) is 0 Å². The predicted octanol–water partition coefficient (Wildman–Crippen LogP) is 3.46. The van der Waals surface area contributed by atoms with Crippen LogP contribution < -0.4 is 11.1 Å². The number of nitrogens with zero attached hydrogens (tertiary/aromatic N) is 1. The lowest BCUT2D eigenvalue weighted by molar-refractivity contribution is 0.0940. The van der Waals surface area contributed by atoms with E-state index in [1.165, 1.54) is 12.3 Å². The fraction of sp³-hybridized carbons (Fsp3) is 0.143. The minimum atomic E-state index is -0.345. The molecule has 0 aliphatic rings. The van der Waals surface area contributed by atoms with Gasteiger partial charge in [-0.15, -0.1) is 0 Å². The zero-order chi connectivity index (χ0) is 14.7. The Morgan fingerprint density at radius 2 is 2.05 bits per heavy atom. The van der Waals surface area contributed by atoms with Crippen LogP contribution in [0.25, 0.3) is 0 Å². The van der Waals surface area contributed by atoms with Crippen molar-refractivity contribution in [2.45, 2.75) is 13.0 Å². The minimum Gasteiger partial charge on any atom is -0.397 e. The Kier molecular flexibility index (Phi) is 4.47. The summed E-state index contributed by atoms with van der Waals surface area (Å²) in [6.07, 6.45) is 1.40. The molecule has 0 aliphatic carbocycles. The first-order valence-corrected chi connectivity index (χ1v) is 6.71. The first-order chi connectivity index (χ1) is 9.49. The Morgan fingerprint density at radius 1 is 1.35 bits per heavy atom. The van der Waals surface area contributed by atoms with Crippen LogP contribution in [0.2, 0.25) is 10.2 Å². The zero-order valence-corrected chi connectivity index (χ0v) is 12.2. The van der Waals surface area contributed by atoms with Crippen molar-refractivity contribution in [3.63, 3.8) is 0 Å². The van der Waals surface area contributed by atoms with Gasteiger partial charge < -0.3 is 11.1 Å². The van der Waals surface area contributed by atoms with Gasteiger partial charge in [0.25, 0.3) is 5.91 Å². The monoisotopic (exact) mass is 309 g/mol. The van der Waals surface area contributed by atoms with Gasteiger partial charge in [-0.2, -0.15) is 0 Å². The van der Waals surface area contributed by atoms with Crippen LogP contribution >= 0.6 is 23.2 Å². The number of hydrogen-bond donors (Lipinski definition) is 2. The Balaban J connectivity index is 2.20. The first kappa shape index (κ1) is 14.6. The normalized spacial score (nSPS) is 11.9. The molecule has 3 N–H and O–H groups in total. The number of amides is 1. The Morgan fingerprint density at radius 3 is 2.75 bits per heavy atom. The van der Waals surface area contributed by atoms with E-state index in [1.807, 2.05) is 25.1 Å². The van der Waals surface area contributed by atoms with E-state index in [2.05, 4.69) is 10.3 Å². The highest BCUT2D eigenvalue weighted by atomic mass is 35.5. The average molecular weight is 310 g/mol. The quantitative estimate of drug-likeness (QED) is 0.853. The van der Waals surface area contributed by atoms with Gasteiger partial charge in [-0.3, -0.25) is 4.79 Å². The van der Waals surface area contributed by atoms with Crippen molar-refractivity contribution in [2.75, 3.05) is 5.73 Å². The first-order valence-electron chi connectivity index (χ1n) is 5.95. The van der Waals surface area contributed by atoms with Gasteiger partial charge in [0.05, 0.1) is 23.5 Å². The van der Waals surface area contributed by atoms with Crippen LogP contribution in [0.15, 0.2) is 36.5 Å². The van der Waals surface area contributed by atoms with Crippen molar-refractivity contribution in [1.29, 1.82) is 0 Å². The third-order valence-corrected chi connectivity index (χ3v) is 3.47. The third kappa shape index (κ3) is 3.21. The molecule has 0 bridgehead atoms. The van der Waals surface area contributed by atoms with Crippen LogP contribution in [-0.2, 0) is 0 Å². The molecule has 1 aromatic heterocycles. The predicted molar refractivity (Wildman–Crippen MR) is 81.0 cm³/mol. The second-order valence-corrected chi connectivity index (χ2v) is 5.09. The number of nitrogens with two attached hydrogens (primary N) is 1. The van der Waals surface area contributed by atoms with Crippen molar-refractivity contribution in [3.05, 3.63) is 57.8 Å². The fourth-order valence-electron chi connectivity index (χ4n) is 1.80. The van der Waals surface area contributed by atoms with Crippen LogP contribution in [0.3, 0.4) is 0 Å². The molecule has 1 heterocycles. The molecule has 20 heavy (non-hydrogen) atoms. The number of anilines is 1. The molecule has 0 radical (unpaired) electrons. The maximum absolute atomic E-state index is 12.2. The zero-order valence-electron chi connectivity index (χ0n) is 10.7. The Labute approximate surface area is 126 Å². The summed E-state index contributed by atoms with van der Waals surface area (Å²) >= 11 is 12.0. The SMILES string of the molecule is CC(NC(=O)c1cc(N)cnc1Cl)c1ccccc1Cl. The summed E-state index contributed by atoms with van der Waals surface area (Å²) < 4.78 is 0. The van der Waals surface area contributed by atoms with Crippen LogP contribution in [0.1, 0.15) is 28.9 Å². The lowest BCUT2D eigenvalue weighted by Crippen LogP contribution is -2.27. The number of rotatable bonds is 3. The van der Waals surface area contributed by atoms with Gasteiger partial charge in [-0.1, -0.05) is 41.4 Å². The topological polar surface area (TPSA) is 68.0 Å². The fourth-order valence-corrected chi connectivity index (χ4v) is 2.29. The van der Waals surface area contributed by atoms with Crippen molar-refractivity contribution < 1.29 is 4.79 Å². The summed E-state index contributed by atoms with van der Waals surface area (Å²) in [5.41, 5.74) is 7.06. The summed E-state index contributed by atoms with van der Waals surface area (Å²) in [6.45, 7) is 1.84.